The Morgan fingerprint density at radius 3 is 2.67 bits per heavy atom. The highest BCUT2D eigenvalue weighted by molar-refractivity contribution is 7.91. The van der Waals surface area contributed by atoms with E-state index in [2.05, 4.69) is 0 Å². The van der Waals surface area contributed by atoms with Gasteiger partial charge in [0, 0.05) is 0 Å². The summed E-state index contributed by atoms with van der Waals surface area (Å²) in [6.45, 7) is 4.29. The Hall–Kier alpha value is -0.870. The van der Waals surface area contributed by atoms with Crippen molar-refractivity contribution in [2.45, 2.75) is 24.8 Å². The van der Waals surface area contributed by atoms with E-state index >= 15 is 0 Å². The van der Waals surface area contributed by atoms with Crippen LogP contribution in [0.25, 0.3) is 0 Å². The number of epoxide rings is 1. The van der Waals surface area contributed by atoms with Crippen molar-refractivity contribution < 1.29 is 13.2 Å². The van der Waals surface area contributed by atoms with E-state index < -0.39 is 9.84 Å². The zero-order valence-corrected chi connectivity index (χ0v) is 9.67. The molecule has 0 amide bonds. The van der Waals surface area contributed by atoms with Gasteiger partial charge in [-0.25, -0.2) is 8.42 Å². The lowest BCUT2D eigenvalue weighted by Crippen LogP contribution is -2.13. The quantitative estimate of drug-likeness (QED) is 0.733. The van der Waals surface area contributed by atoms with Gasteiger partial charge >= 0.3 is 0 Å². The maximum Gasteiger partial charge on any atom is 0.181 e. The summed E-state index contributed by atoms with van der Waals surface area (Å²) in [5.74, 6) is 0.108. The molecule has 15 heavy (non-hydrogen) atoms. The average molecular weight is 226 g/mol. The summed E-state index contributed by atoms with van der Waals surface area (Å²) in [6.07, 6.45) is -0.0880. The predicted octanol–water partition coefficient (Wildman–Crippen LogP) is 1.48. The van der Waals surface area contributed by atoms with Gasteiger partial charge < -0.3 is 4.74 Å². The second-order valence-electron chi connectivity index (χ2n) is 4.01. The van der Waals surface area contributed by atoms with E-state index in [9.17, 15) is 8.42 Å². The highest BCUT2D eigenvalue weighted by Crippen LogP contribution is 2.22. The maximum atomic E-state index is 12.0. The van der Waals surface area contributed by atoms with Gasteiger partial charge in [-0.05, 0) is 31.0 Å². The number of sulfone groups is 1. The lowest BCUT2D eigenvalue weighted by atomic mass is 10.2. The molecule has 0 saturated carbocycles. The minimum atomic E-state index is -3.18. The number of ether oxygens (including phenoxy) is 1. The highest BCUT2D eigenvalue weighted by atomic mass is 32.2. The Morgan fingerprint density at radius 2 is 2.07 bits per heavy atom. The molecule has 2 rings (SSSR count). The molecule has 0 aliphatic carbocycles. The molecule has 0 spiro atoms. The third-order valence-corrected chi connectivity index (χ3v) is 4.41. The van der Waals surface area contributed by atoms with E-state index in [-0.39, 0.29) is 11.9 Å². The largest absolute Gasteiger partial charge is 0.372 e. The molecule has 1 saturated heterocycles. The molecule has 82 valence electrons. The summed E-state index contributed by atoms with van der Waals surface area (Å²) in [5, 5.41) is 0. The van der Waals surface area contributed by atoms with Crippen molar-refractivity contribution >= 4 is 9.84 Å². The molecule has 1 aromatic rings. The molecule has 4 heteroatoms. The second kappa shape index (κ2) is 3.61. The van der Waals surface area contributed by atoms with Gasteiger partial charge in [0.05, 0.1) is 23.4 Å². The van der Waals surface area contributed by atoms with Crippen LogP contribution in [0.2, 0.25) is 0 Å². The number of hydrogen-bond acceptors (Lipinski definition) is 3. The Labute approximate surface area is 90.0 Å². The first-order chi connectivity index (χ1) is 6.99. The summed E-state index contributed by atoms with van der Waals surface area (Å²) in [7, 11) is -3.18. The minimum Gasteiger partial charge on any atom is -0.372 e. The fourth-order valence-electron chi connectivity index (χ4n) is 1.54. The Balaban J connectivity index is 2.38. The molecule has 1 atom stereocenters. The normalized spacial score (nSPS) is 20.3. The first-order valence-corrected chi connectivity index (χ1v) is 6.56. The van der Waals surface area contributed by atoms with E-state index in [0.29, 0.717) is 11.5 Å². The zero-order valence-electron chi connectivity index (χ0n) is 8.86. The van der Waals surface area contributed by atoms with Crippen molar-refractivity contribution in [2.75, 3.05) is 12.4 Å². The average Bonchev–Trinajstić information content (AvgIpc) is 2.92. The van der Waals surface area contributed by atoms with Gasteiger partial charge in [0.15, 0.2) is 9.84 Å². The van der Waals surface area contributed by atoms with Crippen molar-refractivity contribution in [3.63, 3.8) is 0 Å². The van der Waals surface area contributed by atoms with Crippen LogP contribution in [0, 0.1) is 13.8 Å². The molecule has 0 unspecified atom stereocenters. The molecule has 0 radical (unpaired) electrons. The molecule has 1 aliphatic rings. The van der Waals surface area contributed by atoms with E-state index in [1.54, 1.807) is 6.07 Å². The first kappa shape index (κ1) is 10.6. The molecule has 0 bridgehead atoms. The minimum absolute atomic E-state index is 0.0880. The smallest absolute Gasteiger partial charge is 0.181 e. The molecule has 0 aromatic heterocycles. The summed E-state index contributed by atoms with van der Waals surface area (Å²) in [6, 6.07) is 5.49. The van der Waals surface area contributed by atoms with Crippen molar-refractivity contribution in [3.05, 3.63) is 29.3 Å². The van der Waals surface area contributed by atoms with Crippen LogP contribution in [0.15, 0.2) is 23.1 Å². The van der Waals surface area contributed by atoms with Gasteiger partial charge in [-0.1, -0.05) is 12.1 Å². The zero-order chi connectivity index (χ0) is 11.1. The molecule has 3 nitrogen and oxygen atoms in total. The summed E-state index contributed by atoms with van der Waals surface area (Å²) >= 11 is 0. The predicted molar refractivity (Wildman–Crippen MR) is 57.7 cm³/mol. The van der Waals surface area contributed by atoms with Crippen LogP contribution in [0.4, 0.5) is 0 Å². The van der Waals surface area contributed by atoms with E-state index in [4.69, 9.17) is 4.74 Å². The maximum absolute atomic E-state index is 12.0. The van der Waals surface area contributed by atoms with Crippen LogP contribution < -0.4 is 0 Å². The lowest BCUT2D eigenvalue weighted by Gasteiger charge is -2.07. The van der Waals surface area contributed by atoms with Crippen LogP contribution >= 0.6 is 0 Å². The first-order valence-electron chi connectivity index (χ1n) is 4.91. The SMILES string of the molecule is Cc1ccc(C)c(S(=O)(=O)C[C@@H]2CO2)c1. The monoisotopic (exact) mass is 226 g/mol. The highest BCUT2D eigenvalue weighted by Gasteiger charge is 2.30. The fourth-order valence-corrected chi connectivity index (χ4v) is 3.33. The van der Waals surface area contributed by atoms with E-state index in [0.717, 1.165) is 11.1 Å². The standard InChI is InChI=1S/C11H14O3S/c1-8-3-4-9(2)11(5-8)15(12,13)7-10-6-14-10/h3-5,10H,6-7H2,1-2H3/t10-/m0/s1. The van der Waals surface area contributed by atoms with Gasteiger partial charge in [-0.2, -0.15) is 0 Å². The molecule has 1 fully saturated rings. The lowest BCUT2D eigenvalue weighted by molar-refractivity contribution is 0.422. The van der Waals surface area contributed by atoms with Crippen molar-refractivity contribution in [2.24, 2.45) is 0 Å². The number of aryl methyl sites for hydroxylation is 2. The Kier molecular flexibility index (Phi) is 2.56. The topological polar surface area (TPSA) is 46.7 Å². The van der Waals surface area contributed by atoms with Crippen LogP contribution in [-0.4, -0.2) is 26.9 Å². The van der Waals surface area contributed by atoms with Crippen molar-refractivity contribution in [1.29, 1.82) is 0 Å². The van der Waals surface area contributed by atoms with Gasteiger partial charge in [-0.15, -0.1) is 0 Å². The van der Waals surface area contributed by atoms with Crippen LogP contribution in [0.5, 0.6) is 0 Å². The molecule has 1 heterocycles. The number of hydrogen-bond donors (Lipinski definition) is 0. The molecule has 0 N–H and O–H groups in total. The van der Waals surface area contributed by atoms with Gasteiger partial charge in [0.25, 0.3) is 0 Å². The Morgan fingerprint density at radius 1 is 1.40 bits per heavy atom. The van der Waals surface area contributed by atoms with Crippen LogP contribution in [0.3, 0.4) is 0 Å². The fraction of sp³-hybridized carbons (Fsp3) is 0.455. The van der Waals surface area contributed by atoms with Crippen molar-refractivity contribution in [3.8, 4) is 0 Å². The third kappa shape index (κ3) is 2.38. The van der Waals surface area contributed by atoms with Crippen LogP contribution in [-0.2, 0) is 14.6 Å². The van der Waals surface area contributed by atoms with Crippen molar-refractivity contribution in [1.82, 2.24) is 0 Å². The summed E-state index contributed by atoms with van der Waals surface area (Å²) < 4.78 is 28.9. The van der Waals surface area contributed by atoms with E-state index in [1.165, 1.54) is 0 Å². The number of rotatable bonds is 3. The summed E-state index contributed by atoms with van der Waals surface area (Å²) in [5.41, 5.74) is 1.78. The number of benzene rings is 1. The van der Waals surface area contributed by atoms with Gasteiger partial charge in [0.2, 0.25) is 0 Å². The molecule has 1 aliphatic heterocycles. The second-order valence-corrected chi connectivity index (χ2v) is 6.01. The molecule has 1 aromatic carbocycles. The summed E-state index contributed by atoms with van der Waals surface area (Å²) in [4.78, 5) is 0.443. The Bertz CT molecular complexity index is 473. The molecular weight excluding hydrogens is 212 g/mol. The molecular formula is C11H14O3S. The third-order valence-electron chi connectivity index (χ3n) is 2.49. The van der Waals surface area contributed by atoms with Gasteiger partial charge in [-0.3, -0.25) is 0 Å². The van der Waals surface area contributed by atoms with E-state index in [1.807, 2.05) is 26.0 Å². The van der Waals surface area contributed by atoms with Gasteiger partial charge in [0.1, 0.15) is 0 Å². The van der Waals surface area contributed by atoms with Crippen LogP contribution in [0.1, 0.15) is 11.1 Å².